The summed E-state index contributed by atoms with van der Waals surface area (Å²) in [4.78, 5) is 0. The summed E-state index contributed by atoms with van der Waals surface area (Å²) >= 11 is 5.58. The Balaban J connectivity index is 0. The molecule has 1 aliphatic rings. The van der Waals surface area contributed by atoms with Crippen molar-refractivity contribution in [2.45, 2.75) is 0 Å². The molecule has 57 valence electrons. The van der Waals surface area contributed by atoms with Gasteiger partial charge in [-0.25, -0.2) is 0 Å². The molecule has 0 spiro atoms. The third-order valence-electron chi connectivity index (χ3n) is 0.966. The van der Waals surface area contributed by atoms with Crippen LogP contribution in [-0.2, 0) is 24.2 Å². The molecule has 0 unspecified atom stereocenters. The largest absolute Gasteiger partial charge is 1.00 e. The maximum Gasteiger partial charge on any atom is 0.161 e. The Morgan fingerprint density at radius 1 is 1.45 bits per heavy atom. The summed E-state index contributed by atoms with van der Waals surface area (Å²) in [6.07, 6.45) is 5.19. The van der Waals surface area contributed by atoms with E-state index in [9.17, 15) is 0 Å². The number of methoxy groups -OCH3 is 1. The molecule has 0 heterocycles. The van der Waals surface area contributed by atoms with Crippen LogP contribution in [0.15, 0.2) is 29.7 Å². The van der Waals surface area contributed by atoms with Gasteiger partial charge in [-0.15, -0.1) is 11.6 Å². The van der Waals surface area contributed by atoms with Crippen molar-refractivity contribution < 1.29 is 48.2 Å². The second-order valence-electron chi connectivity index (χ2n) is 1.58. The van der Waals surface area contributed by atoms with Gasteiger partial charge < -0.3 is 28.7 Å². The van der Waals surface area contributed by atoms with Crippen molar-refractivity contribution in [1.29, 1.82) is 0 Å². The van der Waals surface area contributed by atoms with E-state index in [1.807, 2.05) is 0 Å². The summed E-state index contributed by atoms with van der Waals surface area (Å²) in [6, 6.07) is 0. The zero-order chi connectivity index (χ0) is 6.69. The molecule has 0 saturated carbocycles. The summed E-state index contributed by atoms with van der Waals surface area (Å²) < 4.78 is 4.85. The maximum atomic E-state index is 5.58. The van der Waals surface area contributed by atoms with Crippen molar-refractivity contribution >= 4 is 11.6 Å². The van der Waals surface area contributed by atoms with Crippen LogP contribution in [0.3, 0.4) is 0 Å². The Morgan fingerprint density at radius 2 is 2.09 bits per heavy atom. The third-order valence-corrected chi connectivity index (χ3v) is 1.20. The smallest absolute Gasteiger partial charge is 0.161 e. The molecule has 0 amide bonds. The van der Waals surface area contributed by atoms with E-state index < -0.39 is 0 Å². The monoisotopic (exact) mass is 332 g/mol. The van der Waals surface area contributed by atoms with E-state index in [-0.39, 0.29) is 43.5 Å². The summed E-state index contributed by atoms with van der Waals surface area (Å²) in [5.74, 6) is 0.708. The van der Waals surface area contributed by atoms with Gasteiger partial charge in [-0.05, 0) is 12.2 Å². The summed E-state index contributed by atoms with van der Waals surface area (Å²) in [5.41, 5.74) is 2.83. The van der Waals surface area contributed by atoms with Crippen molar-refractivity contribution in [3.63, 3.8) is 0 Å². The Kier molecular flexibility index (Phi) is 9.52. The van der Waals surface area contributed by atoms with Crippen LogP contribution in [-0.4, -0.2) is 7.11 Å². The maximum absolute atomic E-state index is 5.58. The van der Waals surface area contributed by atoms with E-state index in [2.05, 4.69) is 5.73 Å². The second-order valence-corrected chi connectivity index (χ2v) is 2.01. The Hall–Kier alpha value is 0.703. The van der Waals surface area contributed by atoms with Gasteiger partial charge in [0.2, 0.25) is 0 Å². The predicted molar refractivity (Wildman–Crippen MR) is 36.8 cm³/mol. The van der Waals surface area contributed by atoms with E-state index in [4.69, 9.17) is 16.3 Å². The van der Waals surface area contributed by atoms with E-state index in [0.29, 0.717) is 11.1 Å². The van der Waals surface area contributed by atoms with Gasteiger partial charge in [0, 0.05) is 19.5 Å². The topological polar surface area (TPSA) is 9.23 Å². The fourth-order valence-corrected chi connectivity index (χ4v) is 0.636. The molecule has 1 aliphatic carbocycles. The van der Waals surface area contributed by atoms with Crippen LogP contribution in [0.4, 0.5) is 0 Å². The number of hydrogen-bond acceptors (Lipinski definition) is 1. The van der Waals surface area contributed by atoms with Crippen molar-refractivity contribution in [3.05, 3.63) is 35.1 Å². The average Bonchev–Trinajstić information content (AvgIpc) is 1.90. The van der Waals surface area contributed by atoms with E-state index in [1.54, 1.807) is 25.3 Å². The average molecular weight is 334 g/mol. The molecular formula is C7H6ClIOZn-. The molecule has 0 atom stereocenters. The zero-order valence-electron chi connectivity index (χ0n) is 6.10. The van der Waals surface area contributed by atoms with Crippen LogP contribution in [0.2, 0.25) is 0 Å². The van der Waals surface area contributed by atoms with Gasteiger partial charge in [0.05, 0.1) is 7.11 Å². The molecule has 0 aromatic heterocycles. The number of halogens is 2. The van der Waals surface area contributed by atoms with Gasteiger partial charge in [-0.2, -0.15) is 0 Å². The first kappa shape index (κ1) is 14.2. The molecule has 11 heavy (non-hydrogen) atoms. The molecule has 0 saturated heterocycles. The summed E-state index contributed by atoms with van der Waals surface area (Å²) in [5, 5.41) is 0.677. The van der Waals surface area contributed by atoms with E-state index in [1.165, 1.54) is 0 Å². The van der Waals surface area contributed by atoms with Crippen molar-refractivity contribution in [2.75, 3.05) is 7.11 Å². The van der Waals surface area contributed by atoms with Crippen LogP contribution in [0.1, 0.15) is 0 Å². The molecular weight excluding hydrogens is 328 g/mol. The molecule has 0 fully saturated rings. The number of ether oxygens (including phenoxy) is 1. The molecule has 4 heteroatoms. The fraction of sp³-hybridized carbons (Fsp3) is 0.143. The van der Waals surface area contributed by atoms with Crippen LogP contribution in [0.5, 0.6) is 0 Å². The fourth-order valence-electron chi connectivity index (χ4n) is 0.519. The van der Waals surface area contributed by atoms with Gasteiger partial charge in [0.1, 0.15) is 5.38 Å². The quantitative estimate of drug-likeness (QED) is 0.340. The van der Waals surface area contributed by atoms with Crippen molar-refractivity contribution in [3.8, 4) is 0 Å². The first-order valence-corrected chi connectivity index (χ1v) is 2.92. The van der Waals surface area contributed by atoms with E-state index in [0.717, 1.165) is 0 Å². The first-order valence-electron chi connectivity index (χ1n) is 2.54. The first-order chi connectivity index (χ1) is 4.33. The Morgan fingerprint density at radius 3 is 2.45 bits per heavy atom. The second kappa shape index (κ2) is 7.36. The molecule has 1 nitrogen and oxygen atoms in total. The van der Waals surface area contributed by atoms with Crippen LogP contribution < -0.4 is 24.0 Å². The standard InChI is InChI=1S/C7H6ClO.HI.Zn/c1-9-7-4-2-6(8)3-5-7;;/h2-4H,1H3;1H;/p-1. The SMILES string of the molecule is COC1=C=C[C](Cl)C=C1.[I-].[Zn]. The van der Waals surface area contributed by atoms with Gasteiger partial charge in [0.25, 0.3) is 0 Å². The van der Waals surface area contributed by atoms with Crippen LogP contribution in [0.25, 0.3) is 0 Å². The molecule has 1 radical (unpaired) electrons. The molecule has 1 rings (SSSR count). The third kappa shape index (κ3) is 5.02. The Labute approximate surface area is 101 Å². The van der Waals surface area contributed by atoms with Gasteiger partial charge in [-0.1, -0.05) is 11.8 Å². The Bertz CT molecular complexity index is 197. The normalized spacial score (nSPS) is 14.5. The van der Waals surface area contributed by atoms with Crippen LogP contribution in [0, 0.1) is 5.38 Å². The molecule has 0 aromatic rings. The van der Waals surface area contributed by atoms with Crippen molar-refractivity contribution in [1.82, 2.24) is 0 Å². The molecule has 0 aromatic carbocycles. The molecule has 0 aliphatic heterocycles. The molecule has 0 N–H and O–H groups in total. The zero-order valence-corrected chi connectivity index (χ0v) is 12.0. The predicted octanol–water partition coefficient (Wildman–Crippen LogP) is -0.986. The molecule has 0 bridgehead atoms. The minimum atomic E-state index is 0. The summed E-state index contributed by atoms with van der Waals surface area (Å²) in [7, 11) is 1.60. The minimum Gasteiger partial charge on any atom is -1.00 e. The number of hydrogen-bond donors (Lipinski definition) is 0. The van der Waals surface area contributed by atoms with Crippen LogP contribution >= 0.6 is 11.6 Å². The summed E-state index contributed by atoms with van der Waals surface area (Å²) in [6.45, 7) is 0. The van der Waals surface area contributed by atoms with Crippen molar-refractivity contribution in [2.24, 2.45) is 0 Å². The minimum absolute atomic E-state index is 0. The number of rotatable bonds is 1. The van der Waals surface area contributed by atoms with E-state index >= 15 is 0 Å². The van der Waals surface area contributed by atoms with Gasteiger partial charge in [-0.3, -0.25) is 0 Å². The van der Waals surface area contributed by atoms with Gasteiger partial charge in [0.15, 0.2) is 5.76 Å². The number of allylic oxidation sites excluding steroid dienone is 2. The van der Waals surface area contributed by atoms with Gasteiger partial charge >= 0.3 is 0 Å².